The van der Waals surface area contributed by atoms with Crippen LogP contribution in [-0.2, 0) is 18.0 Å². The molecule has 1 aromatic carbocycles. The largest absolute Gasteiger partial charge is 0.463 e. The van der Waals surface area contributed by atoms with Gasteiger partial charge in [0.05, 0.1) is 60.0 Å². The fourth-order valence-electron chi connectivity index (χ4n) is 9.01. The molecule has 9 rings (SSSR count). The number of pyridine rings is 1. The van der Waals surface area contributed by atoms with Crippen molar-refractivity contribution in [2.24, 2.45) is 5.41 Å². The molecule has 270 valence electrons. The lowest BCUT2D eigenvalue weighted by molar-refractivity contribution is 0.111. The molecule has 4 atom stereocenters. The van der Waals surface area contributed by atoms with E-state index in [1.165, 1.54) is 0 Å². The van der Waals surface area contributed by atoms with Crippen LogP contribution >= 0.6 is 11.3 Å². The van der Waals surface area contributed by atoms with Gasteiger partial charge in [-0.05, 0) is 43.7 Å². The topological polar surface area (TPSA) is 141 Å². The van der Waals surface area contributed by atoms with Gasteiger partial charge in [-0.15, -0.1) is 11.3 Å². The number of halogens is 2. The third-order valence-corrected chi connectivity index (χ3v) is 12.6. The molecule has 3 aromatic heterocycles. The summed E-state index contributed by atoms with van der Waals surface area (Å²) in [6.07, 6.45) is 5.31. The number of aromatic nitrogens is 3. The van der Waals surface area contributed by atoms with E-state index in [1.807, 2.05) is 0 Å². The fourth-order valence-corrected chi connectivity index (χ4v) is 9.94. The van der Waals surface area contributed by atoms with E-state index in [1.54, 1.807) is 6.92 Å². The monoisotopic (exact) mass is 727 g/mol. The maximum absolute atomic E-state index is 17.5. The van der Waals surface area contributed by atoms with Gasteiger partial charge in [-0.25, -0.2) is 15.4 Å². The van der Waals surface area contributed by atoms with Crippen LogP contribution < -0.4 is 15.4 Å². The van der Waals surface area contributed by atoms with Gasteiger partial charge in [0.15, 0.2) is 11.6 Å². The van der Waals surface area contributed by atoms with Gasteiger partial charge in [0.25, 0.3) is 0 Å². The number of anilines is 2. The zero-order chi connectivity index (χ0) is 35.9. The molecule has 7 heterocycles. The average Bonchev–Trinajstić information content (AvgIpc) is 3.46. The number of nitrogens with two attached hydrogens (primary N) is 1. The third kappa shape index (κ3) is 5.53. The minimum atomic E-state index is -0.662. The predicted molar refractivity (Wildman–Crippen MR) is 192 cm³/mol. The summed E-state index contributed by atoms with van der Waals surface area (Å²) in [6.45, 7) is 14.4. The Kier molecular flexibility index (Phi) is 8.21. The molecule has 0 amide bonds. The molecule has 3 N–H and O–H groups in total. The zero-order valence-electron chi connectivity index (χ0n) is 28.9. The summed E-state index contributed by atoms with van der Waals surface area (Å²) in [7, 11) is 0. The second-order valence-corrected chi connectivity index (χ2v) is 16.3. The molecule has 52 heavy (non-hydrogen) atoms. The summed E-state index contributed by atoms with van der Waals surface area (Å²) in [5.41, 5.74) is 7.74. The highest BCUT2D eigenvalue weighted by atomic mass is 32.1. The molecule has 4 aliphatic heterocycles. The van der Waals surface area contributed by atoms with Crippen molar-refractivity contribution < 1.29 is 23.4 Å². The second kappa shape index (κ2) is 12.7. The quantitative estimate of drug-likeness (QED) is 0.229. The number of aliphatic hydroxyl groups is 1. The van der Waals surface area contributed by atoms with Crippen molar-refractivity contribution >= 4 is 43.1 Å². The van der Waals surface area contributed by atoms with E-state index >= 15 is 8.78 Å². The van der Waals surface area contributed by atoms with Gasteiger partial charge in [0, 0.05) is 67.6 Å². The number of nitriles is 1. The Morgan fingerprint density at radius 1 is 1.15 bits per heavy atom. The van der Waals surface area contributed by atoms with Gasteiger partial charge in [-0.1, -0.05) is 0 Å². The Balaban J connectivity index is 1.18. The molecule has 0 spiro atoms. The number of nitrogens with zero attached hydrogens (tertiary/aromatic N) is 8. The van der Waals surface area contributed by atoms with Crippen molar-refractivity contribution in [1.82, 2.24) is 24.8 Å². The number of benzene rings is 1. The maximum atomic E-state index is 17.5. The minimum Gasteiger partial charge on any atom is -0.463 e. The minimum absolute atomic E-state index is 0.0361. The van der Waals surface area contributed by atoms with Crippen LogP contribution in [0.15, 0.2) is 6.20 Å². The van der Waals surface area contributed by atoms with Gasteiger partial charge < -0.3 is 30.1 Å². The molecule has 4 fully saturated rings. The Morgan fingerprint density at radius 3 is 2.62 bits per heavy atom. The van der Waals surface area contributed by atoms with Gasteiger partial charge >= 0.3 is 6.01 Å². The van der Waals surface area contributed by atoms with Crippen molar-refractivity contribution in [3.8, 4) is 23.3 Å². The fraction of sp³-hybridized carbons (Fsp3) is 0.541. The molecule has 4 aromatic rings. The van der Waals surface area contributed by atoms with Crippen LogP contribution in [-0.4, -0.2) is 100.0 Å². The molecule has 1 saturated carbocycles. The van der Waals surface area contributed by atoms with Crippen molar-refractivity contribution in [2.75, 3.05) is 56.5 Å². The number of fused-ring (bicyclic) bond motifs is 6. The first-order valence-corrected chi connectivity index (χ1v) is 18.8. The van der Waals surface area contributed by atoms with E-state index in [-0.39, 0.29) is 80.2 Å². The van der Waals surface area contributed by atoms with Gasteiger partial charge in [-0.3, -0.25) is 14.8 Å². The number of nitrogen functional groups attached to an aromatic ring is 1. The number of ether oxygens (including phenoxy) is 2. The van der Waals surface area contributed by atoms with Gasteiger partial charge in [0.2, 0.25) is 6.04 Å². The van der Waals surface area contributed by atoms with Crippen LogP contribution in [0.1, 0.15) is 55.7 Å². The standard InChI is InChI=1S/C37H39F2N9O3S/c1-19(49)11-47-13-21-3-4-22(14-47)48(21)35-29-25-16-50-15-24(25)27(31-28-23(9-40)34(41)52-33(28)26(38)10-43-31)30(39)32(29)44-36(45-35)51-18-37(6-7-37)17-46-8-5-20(12-46)42-2/h10,19-22,49H,3-8,11-18,41H2,1H3/t19-,20-,21?,22?/m1/s1. The van der Waals surface area contributed by atoms with Crippen molar-refractivity contribution in [3.05, 3.63) is 45.9 Å². The highest BCUT2D eigenvalue weighted by Gasteiger charge is 2.47. The van der Waals surface area contributed by atoms with E-state index in [0.717, 1.165) is 87.9 Å². The molecule has 2 unspecified atom stereocenters. The number of β-amino-alcohol motifs (C(OH)–C–C–N with tert-alkyl or cyclic N) is 1. The summed E-state index contributed by atoms with van der Waals surface area (Å²) in [4.78, 5) is 24.9. The first kappa shape index (κ1) is 33.6. The molecule has 5 aliphatic rings. The molecule has 0 radical (unpaired) electrons. The van der Waals surface area contributed by atoms with Crippen LogP contribution in [0, 0.1) is 35.0 Å². The van der Waals surface area contributed by atoms with Crippen molar-refractivity contribution in [3.63, 3.8) is 0 Å². The van der Waals surface area contributed by atoms with Crippen molar-refractivity contribution in [1.29, 1.82) is 5.26 Å². The Hall–Kier alpha value is -4.25. The maximum Gasteiger partial charge on any atom is 0.319 e. The van der Waals surface area contributed by atoms with Crippen LogP contribution in [0.2, 0.25) is 0 Å². The molecular formula is C37H39F2N9O3S. The Morgan fingerprint density at radius 2 is 1.92 bits per heavy atom. The summed E-state index contributed by atoms with van der Waals surface area (Å²) >= 11 is 0.940. The van der Waals surface area contributed by atoms with Gasteiger partial charge in [-0.2, -0.15) is 15.2 Å². The number of piperazine rings is 1. The highest BCUT2D eigenvalue weighted by Crippen LogP contribution is 2.50. The summed E-state index contributed by atoms with van der Waals surface area (Å²) in [6, 6.07) is 2.38. The molecule has 12 nitrogen and oxygen atoms in total. The molecule has 1 aliphatic carbocycles. The lowest BCUT2D eigenvalue weighted by Crippen LogP contribution is -2.55. The van der Waals surface area contributed by atoms with Crippen LogP contribution in [0.4, 0.5) is 19.6 Å². The molecular weight excluding hydrogens is 689 g/mol. The summed E-state index contributed by atoms with van der Waals surface area (Å²) < 4.78 is 45.2. The first-order chi connectivity index (χ1) is 25.2. The SMILES string of the molecule is [C-]#[N+][C@@H]1CCN(CC2(COc3nc(N4C5CCC4CN(C[C@@H](C)O)C5)c4c5c(c(-c6ncc(F)c7sc(N)c(C#N)c67)c(F)c4n3)COC5)CC2)C1. The second-order valence-electron chi connectivity index (χ2n) is 15.3. The number of aliphatic hydroxyl groups excluding tert-OH is 1. The smallest absolute Gasteiger partial charge is 0.319 e. The molecule has 2 bridgehead atoms. The third-order valence-electron chi connectivity index (χ3n) is 11.6. The lowest BCUT2D eigenvalue weighted by atomic mass is 9.93. The number of rotatable bonds is 9. The van der Waals surface area contributed by atoms with E-state index in [0.29, 0.717) is 29.9 Å². The van der Waals surface area contributed by atoms with Crippen LogP contribution in [0.3, 0.4) is 0 Å². The number of hydrogen-bond acceptors (Lipinski definition) is 12. The zero-order valence-corrected chi connectivity index (χ0v) is 29.7. The van der Waals surface area contributed by atoms with Crippen LogP contribution in [0.5, 0.6) is 6.01 Å². The van der Waals surface area contributed by atoms with E-state index in [9.17, 15) is 10.4 Å². The first-order valence-electron chi connectivity index (χ1n) is 18.0. The normalized spacial score (nSPS) is 24.3. The predicted octanol–water partition coefficient (Wildman–Crippen LogP) is 4.86. The summed E-state index contributed by atoms with van der Waals surface area (Å²) in [5.74, 6) is -0.690. The van der Waals surface area contributed by atoms with E-state index < -0.39 is 17.7 Å². The van der Waals surface area contributed by atoms with Crippen LogP contribution in [0.25, 0.3) is 37.1 Å². The van der Waals surface area contributed by atoms with Crippen molar-refractivity contribution in [2.45, 2.75) is 76.5 Å². The number of hydrogen-bond donors (Lipinski definition) is 2. The van der Waals surface area contributed by atoms with Gasteiger partial charge in [0.1, 0.15) is 22.4 Å². The molecule has 3 saturated heterocycles. The highest BCUT2D eigenvalue weighted by molar-refractivity contribution is 7.23. The number of thiophene rings is 1. The van der Waals surface area contributed by atoms with E-state index in [2.05, 4.69) is 30.6 Å². The summed E-state index contributed by atoms with van der Waals surface area (Å²) in [5, 5.41) is 21.1. The molecule has 15 heteroatoms. The van der Waals surface area contributed by atoms with E-state index in [4.69, 9.17) is 31.7 Å². The number of likely N-dealkylation sites (tertiary alicyclic amines) is 2. The Labute approximate surface area is 303 Å². The Bertz CT molecular complexity index is 2180. The average molecular weight is 728 g/mol. The lowest BCUT2D eigenvalue weighted by Gasteiger charge is -2.42.